The molecule has 0 radical (unpaired) electrons. The van der Waals surface area contributed by atoms with Gasteiger partial charge in [-0.3, -0.25) is 0 Å². The number of hydrazine groups is 2. The molecule has 2 heterocycles. The second kappa shape index (κ2) is 6.23. The summed E-state index contributed by atoms with van der Waals surface area (Å²) in [4.78, 5) is 2.10. The van der Waals surface area contributed by atoms with Crippen molar-refractivity contribution in [2.75, 3.05) is 7.05 Å². The first-order chi connectivity index (χ1) is 9.22. The Morgan fingerprint density at radius 1 is 1.20 bits per heavy atom. The highest BCUT2D eigenvalue weighted by molar-refractivity contribution is 14.0. The number of hydrogen-bond donors (Lipinski definition) is 2. The Bertz CT molecular complexity index is 563. The molecule has 20 heavy (non-hydrogen) atoms. The molecule has 0 saturated heterocycles. The van der Waals surface area contributed by atoms with Crippen molar-refractivity contribution in [3.8, 4) is 0 Å². The van der Waals surface area contributed by atoms with Gasteiger partial charge < -0.3 is 4.90 Å². The lowest BCUT2D eigenvalue weighted by molar-refractivity contribution is 0.301. The van der Waals surface area contributed by atoms with Crippen LogP contribution in [0.25, 0.3) is 0 Å². The van der Waals surface area contributed by atoms with Gasteiger partial charge in [0.2, 0.25) is 0 Å². The van der Waals surface area contributed by atoms with Crippen LogP contribution < -0.4 is 11.1 Å². The van der Waals surface area contributed by atoms with E-state index in [1.807, 2.05) is 19.2 Å². The molecule has 0 amide bonds. The number of aryl methyl sites for hydroxylation is 1. The van der Waals surface area contributed by atoms with Gasteiger partial charge in [0, 0.05) is 13.6 Å². The fourth-order valence-corrected chi connectivity index (χ4v) is 1.96. The molecule has 0 atom stereocenters. The molecular formula is C13H17IN6. The highest BCUT2D eigenvalue weighted by atomic mass is 127. The third-order valence-corrected chi connectivity index (χ3v) is 3.06. The Morgan fingerprint density at radius 2 is 1.95 bits per heavy atom. The molecule has 2 N–H and O–H groups in total. The zero-order valence-electron chi connectivity index (χ0n) is 11.4. The van der Waals surface area contributed by atoms with E-state index in [0.717, 1.165) is 18.2 Å². The van der Waals surface area contributed by atoms with E-state index in [9.17, 15) is 0 Å². The van der Waals surface area contributed by atoms with Gasteiger partial charge in [-0.1, -0.05) is 29.8 Å². The van der Waals surface area contributed by atoms with Crippen LogP contribution in [0.1, 0.15) is 11.1 Å². The van der Waals surface area contributed by atoms with Crippen LogP contribution in [0.15, 0.2) is 46.6 Å². The van der Waals surface area contributed by atoms with Crippen molar-refractivity contribution < 1.29 is 0 Å². The zero-order chi connectivity index (χ0) is 13.2. The Morgan fingerprint density at radius 3 is 2.70 bits per heavy atom. The predicted octanol–water partition coefficient (Wildman–Crippen LogP) is 1.57. The van der Waals surface area contributed by atoms with Crippen molar-refractivity contribution in [1.29, 1.82) is 0 Å². The van der Waals surface area contributed by atoms with E-state index < -0.39 is 0 Å². The molecule has 0 unspecified atom stereocenters. The van der Waals surface area contributed by atoms with Gasteiger partial charge in [0.25, 0.3) is 0 Å². The third kappa shape index (κ3) is 3.10. The lowest BCUT2D eigenvalue weighted by Gasteiger charge is -2.23. The molecule has 106 valence electrons. The quantitative estimate of drug-likeness (QED) is 0.761. The number of benzene rings is 1. The Labute approximate surface area is 135 Å². The van der Waals surface area contributed by atoms with Gasteiger partial charge in [0.1, 0.15) is 0 Å². The van der Waals surface area contributed by atoms with Crippen LogP contribution in [0.5, 0.6) is 0 Å². The van der Waals surface area contributed by atoms with Crippen molar-refractivity contribution in [2.45, 2.75) is 13.5 Å². The first-order valence-corrected chi connectivity index (χ1v) is 6.14. The summed E-state index contributed by atoms with van der Waals surface area (Å²) in [6.45, 7) is 2.91. The summed E-state index contributed by atoms with van der Waals surface area (Å²) in [5, 5.41) is 10.1. The standard InChI is InChI=1S/C13H16N6.HI/c1-10-3-5-11(6-4-10)9-18(2)13-8-7-12-14-16-17-19(12)15-13;/h3-8,16-17H,9H2,1-2H3;1H. The van der Waals surface area contributed by atoms with Gasteiger partial charge >= 0.3 is 0 Å². The fourth-order valence-electron chi connectivity index (χ4n) is 1.96. The molecule has 0 saturated carbocycles. The van der Waals surface area contributed by atoms with Crippen LogP contribution in [-0.2, 0) is 6.54 Å². The minimum absolute atomic E-state index is 0. The Balaban J connectivity index is 0.00000147. The molecule has 7 heteroatoms. The minimum atomic E-state index is 0. The molecule has 0 spiro atoms. The molecule has 6 nitrogen and oxygen atoms in total. The van der Waals surface area contributed by atoms with E-state index in [1.54, 1.807) is 5.12 Å². The number of rotatable bonds is 2. The summed E-state index contributed by atoms with van der Waals surface area (Å²) in [5.74, 6) is 1.64. The van der Waals surface area contributed by atoms with Crippen molar-refractivity contribution in [3.63, 3.8) is 0 Å². The average molecular weight is 384 g/mol. The number of nitrogens with zero attached hydrogens (tertiary/aromatic N) is 4. The maximum Gasteiger partial charge on any atom is 0.189 e. The molecule has 1 aromatic rings. The van der Waals surface area contributed by atoms with E-state index in [2.05, 4.69) is 57.4 Å². The number of hydrogen-bond acceptors (Lipinski definition) is 6. The summed E-state index contributed by atoms with van der Waals surface area (Å²) >= 11 is 0. The number of likely N-dealkylation sites (N-methyl/N-ethyl adjacent to an activating group) is 1. The van der Waals surface area contributed by atoms with Crippen LogP contribution in [0, 0.1) is 6.92 Å². The van der Waals surface area contributed by atoms with Gasteiger partial charge in [-0.25, -0.2) is 5.53 Å². The summed E-state index contributed by atoms with van der Waals surface area (Å²) < 4.78 is 0. The van der Waals surface area contributed by atoms with Crippen molar-refractivity contribution >= 4 is 35.6 Å². The van der Waals surface area contributed by atoms with Crippen molar-refractivity contribution in [2.24, 2.45) is 10.2 Å². The smallest absolute Gasteiger partial charge is 0.189 e. The van der Waals surface area contributed by atoms with Gasteiger partial charge in [0.05, 0.1) is 0 Å². The second-order valence-electron chi connectivity index (χ2n) is 4.64. The zero-order valence-corrected chi connectivity index (χ0v) is 13.7. The monoisotopic (exact) mass is 384 g/mol. The average Bonchev–Trinajstić information content (AvgIpc) is 2.88. The van der Waals surface area contributed by atoms with Gasteiger partial charge in [-0.15, -0.1) is 39.7 Å². The van der Waals surface area contributed by atoms with Gasteiger partial charge in [-0.05, 0) is 24.6 Å². The first-order valence-electron chi connectivity index (χ1n) is 6.14. The second-order valence-corrected chi connectivity index (χ2v) is 4.64. The van der Waals surface area contributed by atoms with Crippen LogP contribution in [0.2, 0.25) is 0 Å². The fraction of sp³-hybridized carbons (Fsp3) is 0.231. The number of amidine groups is 2. The Kier molecular flexibility index (Phi) is 4.61. The molecule has 1 aromatic carbocycles. The van der Waals surface area contributed by atoms with E-state index in [0.29, 0.717) is 0 Å². The highest BCUT2D eigenvalue weighted by Gasteiger charge is 2.19. The first kappa shape index (κ1) is 14.8. The predicted molar refractivity (Wildman–Crippen MR) is 90.2 cm³/mol. The van der Waals surface area contributed by atoms with Crippen molar-refractivity contribution in [3.05, 3.63) is 47.5 Å². The van der Waals surface area contributed by atoms with Crippen LogP contribution >= 0.6 is 24.0 Å². The van der Waals surface area contributed by atoms with E-state index in [4.69, 9.17) is 0 Å². The van der Waals surface area contributed by atoms with Crippen molar-refractivity contribution in [1.82, 2.24) is 21.1 Å². The molecule has 0 bridgehead atoms. The molecular weight excluding hydrogens is 367 g/mol. The molecule has 3 rings (SSSR count). The van der Waals surface area contributed by atoms with E-state index in [1.165, 1.54) is 11.1 Å². The number of fused-ring (bicyclic) bond motifs is 1. The molecule has 0 aliphatic carbocycles. The normalized spacial score (nSPS) is 15.8. The largest absolute Gasteiger partial charge is 0.354 e. The maximum absolute atomic E-state index is 4.44. The molecule has 0 fully saturated rings. The lowest BCUT2D eigenvalue weighted by atomic mass is 10.1. The highest BCUT2D eigenvalue weighted by Crippen LogP contribution is 2.10. The Hall–Kier alpha value is -1.61. The summed E-state index contributed by atoms with van der Waals surface area (Å²) in [6, 6.07) is 8.53. The van der Waals surface area contributed by atoms with E-state index in [-0.39, 0.29) is 24.0 Å². The maximum atomic E-state index is 4.44. The van der Waals surface area contributed by atoms with Gasteiger partial charge in [0.15, 0.2) is 11.7 Å². The van der Waals surface area contributed by atoms with Crippen LogP contribution in [0.4, 0.5) is 0 Å². The lowest BCUT2D eigenvalue weighted by Crippen LogP contribution is -2.40. The number of nitrogens with one attached hydrogen (secondary N) is 2. The SMILES string of the molecule is Cc1ccc(CN(C)C2=NN3NNN=C3C=C2)cc1.I. The minimum Gasteiger partial charge on any atom is -0.354 e. The summed E-state index contributed by atoms with van der Waals surface area (Å²) in [6.07, 6.45) is 3.87. The third-order valence-electron chi connectivity index (χ3n) is 3.06. The summed E-state index contributed by atoms with van der Waals surface area (Å²) in [7, 11) is 2.02. The van der Waals surface area contributed by atoms with Crippen LogP contribution in [0.3, 0.4) is 0 Å². The topological polar surface area (TPSA) is 55.3 Å². The molecule has 0 aromatic heterocycles. The summed E-state index contributed by atoms with van der Waals surface area (Å²) in [5.41, 5.74) is 8.03. The number of hydrazone groups is 2. The molecule has 2 aliphatic heterocycles. The van der Waals surface area contributed by atoms with Gasteiger partial charge in [-0.2, -0.15) is 5.12 Å². The molecule has 2 aliphatic rings. The van der Waals surface area contributed by atoms with Crippen LogP contribution in [-0.4, -0.2) is 28.7 Å². The number of halogens is 1. The van der Waals surface area contributed by atoms with E-state index >= 15 is 0 Å².